The minimum atomic E-state index is 0.673. The van der Waals surface area contributed by atoms with Crippen molar-refractivity contribution in [3.63, 3.8) is 0 Å². The molecule has 0 radical (unpaired) electrons. The summed E-state index contributed by atoms with van der Waals surface area (Å²) < 4.78 is 5.56. The third-order valence-corrected chi connectivity index (χ3v) is 3.55. The molecule has 20 heavy (non-hydrogen) atoms. The fourth-order valence-corrected chi connectivity index (χ4v) is 2.38. The minimum absolute atomic E-state index is 0.673. The van der Waals surface area contributed by atoms with Crippen molar-refractivity contribution in [2.45, 2.75) is 12.8 Å². The van der Waals surface area contributed by atoms with Gasteiger partial charge in [0, 0.05) is 20.1 Å². The molecule has 0 spiro atoms. The van der Waals surface area contributed by atoms with Gasteiger partial charge in [-0.25, -0.2) is 4.99 Å². The van der Waals surface area contributed by atoms with E-state index in [2.05, 4.69) is 14.9 Å². The van der Waals surface area contributed by atoms with E-state index in [1.807, 2.05) is 42.3 Å². The largest absolute Gasteiger partial charge is 0.463 e. The zero-order chi connectivity index (χ0) is 13.8. The standard InChI is InChI=1S/C15H20N4O/c1-18-11-12-20-15(18)17-14(19-9-5-6-10-19)16-13-7-3-2-4-8-13/h2-4,7-8H,5-6,9-12H2,1H3/b16-14?,17-15+. The molecule has 1 aromatic carbocycles. The maximum atomic E-state index is 5.56. The first-order valence-electron chi connectivity index (χ1n) is 7.14. The van der Waals surface area contributed by atoms with Crippen molar-refractivity contribution < 1.29 is 4.74 Å². The highest BCUT2D eigenvalue weighted by Gasteiger charge is 2.21. The Bertz CT molecular complexity index is 506. The second kappa shape index (κ2) is 5.94. The second-order valence-electron chi connectivity index (χ2n) is 5.11. The summed E-state index contributed by atoms with van der Waals surface area (Å²) in [6, 6.07) is 10.6. The van der Waals surface area contributed by atoms with Gasteiger partial charge in [0.1, 0.15) is 6.61 Å². The average Bonchev–Trinajstić information content (AvgIpc) is 3.12. The zero-order valence-corrected chi connectivity index (χ0v) is 11.8. The number of aliphatic imine (C=N–C) groups is 2. The van der Waals surface area contributed by atoms with Crippen LogP contribution in [-0.4, -0.2) is 55.1 Å². The number of hydrogen-bond acceptors (Lipinski definition) is 2. The van der Waals surface area contributed by atoms with Gasteiger partial charge in [-0.1, -0.05) is 18.2 Å². The first kappa shape index (κ1) is 13.0. The summed E-state index contributed by atoms with van der Waals surface area (Å²) in [6.45, 7) is 3.63. The van der Waals surface area contributed by atoms with Gasteiger partial charge in [-0.2, -0.15) is 4.99 Å². The quantitative estimate of drug-likeness (QED) is 0.580. The second-order valence-corrected chi connectivity index (χ2v) is 5.11. The molecule has 5 nitrogen and oxygen atoms in total. The number of guanidine groups is 1. The molecule has 2 fully saturated rings. The van der Waals surface area contributed by atoms with E-state index in [0.717, 1.165) is 31.3 Å². The Morgan fingerprint density at radius 1 is 1.10 bits per heavy atom. The third kappa shape index (κ3) is 2.92. The molecule has 0 aromatic heterocycles. The Morgan fingerprint density at radius 3 is 2.50 bits per heavy atom. The van der Waals surface area contributed by atoms with E-state index in [9.17, 15) is 0 Å². The van der Waals surface area contributed by atoms with E-state index >= 15 is 0 Å². The smallest absolute Gasteiger partial charge is 0.295 e. The summed E-state index contributed by atoms with van der Waals surface area (Å²) in [4.78, 5) is 13.6. The van der Waals surface area contributed by atoms with Gasteiger partial charge in [0.25, 0.3) is 6.02 Å². The van der Waals surface area contributed by atoms with Gasteiger partial charge in [-0.05, 0) is 25.0 Å². The van der Waals surface area contributed by atoms with Crippen LogP contribution in [0, 0.1) is 0 Å². The highest BCUT2D eigenvalue weighted by Crippen LogP contribution is 2.16. The van der Waals surface area contributed by atoms with E-state index in [0.29, 0.717) is 12.6 Å². The first-order chi connectivity index (χ1) is 9.83. The number of hydrogen-bond donors (Lipinski definition) is 0. The van der Waals surface area contributed by atoms with Crippen LogP contribution in [0.15, 0.2) is 40.3 Å². The lowest BCUT2D eigenvalue weighted by Gasteiger charge is -2.17. The average molecular weight is 272 g/mol. The molecule has 0 amide bonds. The lowest BCUT2D eigenvalue weighted by Crippen LogP contribution is -2.29. The molecule has 2 saturated heterocycles. The topological polar surface area (TPSA) is 40.4 Å². The van der Waals surface area contributed by atoms with Crippen LogP contribution in [0.5, 0.6) is 0 Å². The van der Waals surface area contributed by atoms with Gasteiger partial charge in [-0.15, -0.1) is 0 Å². The number of amidine groups is 1. The molecule has 0 aliphatic carbocycles. The zero-order valence-electron chi connectivity index (χ0n) is 11.8. The highest BCUT2D eigenvalue weighted by atomic mass is 16.5. The van der Waals surface area contributed by atoms with Crippen LogP contribution in [0.4, 0.5) is 5.69 Å². The number of rotatable bonds is 1. The monoisotopic (exact) mass is 272 g/mol. The van der Waals surface area contributed by atoms with E-state index in [1.54, 1.807) is 0 Å². The molecule has 0 unspecified atom stereocenters. The normalized spacial score (nSPS) is 21.6. The molecule has 0 N–H and O–H groups in total. The highest BCUT2D eigenvalue weighted by molar-refractivity contribution is 5.94. The van der Waals surface area contributed by atoms with Crippen molar-refractivity contribution in [1.82, 2.24) is 9.80 Å². The van der Waals surface area contributed by atoms with Crippen molar-refractivity contribution in [2.24, 2.45) is 9.98 Å². The first-order valence-corrected chi connectivity index (χ1v) is 7.14. The molecular formula is C15H20N4O. The summed E-state index contributed by atoms with van der Waals surface area (Å²) in [5, 5.41) is 0. The number of para-hydroxylation sites is 1. The Kier molecular flexibility index (Phi) is 3.85. The van der Waals surface area contributed by atoms with E-state index < -0.39 is 0 Å². The summed E-state index contributed by atoms with van der Waals surface area (Å²) in [5.41, 5.74) is 0.930. The van der Waals surface area contributed by atoms with Crippen molar-refractivity contribution in [1.29, 1.82) is 0 Å². The van der Waals surface area contributed by atoms with E-state index in [-0.39, 0.29) is 0 Å². The van der Waals surface area contributed by atoms with Crippen LogP contribution < -0.4 is 0 Å². The SMILES string of the molecule is CN1CCO/C1=N/C(=Nc1ccccc1)N1CCCC1. The Labute approximate surface area is 119 Å². The number of likely N-dealkylation sites (N-methyl/N-ethyl adjacent to an activating group) is 1. The molecule has 1 aromatic rings. The van der Waals surface area contributed by atoms with Gasteiger partial charge >= 0.3 is 0 Å². The predicted octanol–water partition coefficient (Wildman–Crippen LogP) is 2.09. The molecule has 2 aliphatic rings. The van der Waals surface area contributed by atoms with Crippen molar-refractivity contribution >= 4 is 17.7 Å². The van der Waals surface area contributed by atoms with Crippen LogP contribution in [0.25, 0.3) is 0 Å². The fourth-order valence-electron chi connectivity index (χ4n) is 2.38. The van der Waals surface area contributed by atoms with Crippen LogP contribution in [-0.2, 0) is 4.74 Å². The van der Waals surface area contributed by atoms with Gasteiger partial charge in [0.2, 0.25) is 5.96 Å². The molecule has 3 rings (SSSR count). The van der Waals surface area contributed by atoms with Crippen molar-refractivity contribution in [2.75, 3.05) is 33.3 Å². The molecule has 0 saturated carbocycles. The van der Waals surface area contributed by atoms with Gasteiger partial charge in [-0.3, -0.25) is 0 Å². The molecule has 0 atom stereocenters. The Balaban J connectivity index is 1.89. The molecule has 5 heteroatoms. The Morgan fingerprint density at radius 2 is 1.85 bits per heavy atom. The van der Waals surface area contributed by atoms with Crippen LogP contribution >= 0.6 is 0 Å². The van der Waals surface area contributed by atoms with Gasteiger partial charge in [0.15, 0.2) is 0 Å². The van der Waals surface area contributed by atoms with Crippen LogP contribution in [0.2, 0.25) is 0 Å². The fraction of sp³-hybridized carbons (Fsp3) is 0.467. The van der Waals surface area contributed by atoms with Gasteiger partial charge in [0.05, 0.1) is 12.2 Å². The summed E-state index contributed by atoms with van der Waals surface area (Å²) in [6.07, 6.45) is 2.41. The Hall–Kier alpha value is -2.04. The van der Waals surface area contributed by atoms with Crippen LogP contribution in [0.3, 0.4) is 0 Å². The summed E-state index contributed by atoms with van der Waals surface area (Å²) in [7, 11) is 2.00. The summed E-state index contributed by atoms with van der Waals surface area (Å²) in [5.74, 6) is 0.762. The molecule has 106 valence electrons. The number of likely N-dealkylation sites (tertiary alicyclic amines) is 1. The predicted molar refractivity (Wildman–Crippen MR) is 80.4 cm³/mol. The number of benzene rings is 1. The van der Waals surface area contributed by atoms with E-state index in [1.165, 1.54) is 12.8 Å². The van der Waals surface area contributed by atoms with Crippen molar-refractivity contribution in [3.05, 3.63) is 30.3 Å². The van der Waals surface area contributed by atoms with Crippen LogP contribution in [0.1, 0.15) is 12.8 Å². The van der Waals surface area contributed by atoms with E-state index in [4.69, 9.17) is 4.74 Å². The maximum absolute atomic E-state index is 5.56. The maximum Gasteiger partial charge on any atom is 0.295 e. The number of nitrogens with zero attached hydrogens (tertiary/aromatic N) is 4. The van der Waals surface area contributed by atoms with Crippen molar-refractivity contribution in [3.8, 4) is 0 Å². The minimum Gasteiger partial charge on any atom is -0.463 e. The third-order valence-electron chi connectivity index (χ3n) is 3.55. The lowest BCUT2D eigenvalue weighted by atomic mass is 10.3. The molecule has 2 aliphatic heterocycles. The molecule has 0 bridgehead atoms. The lowest BCUT2D eigenvalue weighted by molar-refractivity contribution is 0.351. The summed E-state index contributed by atoms with van der Waals surface area (Å²) >= 11 is 0. The molecule has 2 heterocycles. The molecular weight excluding hydrogens is 252 g/mol. The van der Waals surface area contributed by atoms with Gasteiger partial charge < -0.3 is 14.5 Å². The number of ether oxygens (including phenoxy) is 1.